The SMILES string of the molecule is C=CCC(O[Si](CI)(C(C)C)C(C)C)c1ccccc1. The van der Waals surface area contributed by atoms with E-state index >= 15 is 0 Å². The molecule has 0 fully saturated rings. The van der Waals surface area contributed by atoms with Crippen molar-refractivity contribution >= 4 is 30.9 Å². The first-order valence-electron chi connectivity index (χ1n) is 7.37. The first kappa shape index (κ1) is 17.9. The first-order chi connectivity index (χ1) is 9.47. The lowest BCUT2D eigenvalue weighted by molar-refractivity contribution is 0.187. The highest BCUT2D eigenvalue weighted by Crippen LogP contribution is 2.39. The van der Waals surface area contributed by atoms with E-state index in [2.05, 4.69) is 87.2 Å². The van der Waals surface area contributed by atoms with Gasteiger partial charge in [-0.15, -0.1) is 6.58 Å². The van der Waals surface area contributed by atoms with Gasteiger partial charge in [-0.05, 0) is 23.1 Å². The molecule has 0 heterocycles. The van der Waals surface area contributed by atoms with Crippen LogP contribution >= 0.6 is 22.6 Å². The minimum absolute atomic E-state index is 0.153. The van der Waals surface area contributed by atoms with Crippen LogP contribution in [0.15, 0.2) is 43.0 Å². The van der Waals surface area contributed by atoms with E-state index in [0.717, 1.165) is 10.5 Å². The van der Waals surface area contributed by atoms with Crippen molar-refractivity contribution in [2.45, 2.75) is 51.3 Å². The van der Waals surface area contributed by atoms with Gasteiger partial charge in [-0.3, -0.25) is 0 Å². The van der Waals surface area contributed by atoms with Crippen LogP contribution in [0.1, 0.15) is 45.8 Å². The molecule has 1 nitrogen and oxygen atoms in total. The molecule has 0 aliphatic heterocycles. The molecule has 3 heteroatoms. The molecule has 0 aromatic heterocycles. The summed E-state index contributed by atoms with van der Waals surface area (Å²) >= 11 is 2.52. The Labute approximate surface area is 139 Å². The van der Waals surface area contributed by atoms with Gasteiger partial charge in [0.2, 0.25) is 8.32 Å². The van der Waals surface area contributed by atoms with Gasteiger partial charge in [0.25, 0.3) is 0 Å². The second kappa shape index (κ2) is 8.34. The Balaban J connectivity index is 3.06. The van der Waals surface area contributed by atoms with E-state index in [9.17, 15) is 0 Å². The standard InChI is InChI=1S/C17H27IOSi/c1-6-10-17(16-11-8-7-9-12-16)19-20(13-18,14(2)3)15(4)5/h6-9,11-12,14-15,17H,1,10,13H2,2-5H3. The number of hydrogen-bond acceptors (Lipinski definition) is 1. The molecule has 0 saturated carbocycles. The molecular weight excluding hydrogens is 375 g/mol. The summed E-state index contributed by atoms with van der Waals surface area (Å²) < 4.78 is 7.94. The number of alkyl halides is 1. The minimum Gasteiger partial charge on any atom is -0.408 e. The van der Waals surface area contributed by atoms with Crippen LogP contribution in [-0.2, 0) is 4.43 Å². The van der Waals surface area contributed by atoms with Crippen LogP contribution in [0.5, 0.6) is 0 Å². The van der Waals surface area contributed by atoms with Gasteiger partial charge < -0.3 is 4.43 Å². The highest BCUT2D eigenvalue weighted by atomic mass is 127. The van der Waals surface area contributed by atoms with Crippen molar-refractivity contribution < 1.29 is 4.43 Å². The van der Waals surface area contributed by atoms with E-state index in [-0.39, 0.29) is 6.10 Å². The van der Waals surface area contributed by atoms with E-state index in [1.807, 2.05) is 6.08 Å². The van der Waals surface area contributed by atoms with Crippen LogP contribution in [0, 0.1) is 0 Å². The predicted molar refractivity (Wildman–Crippen MR) is 99.9 cm³/mol. The van der Waals surface area contributed by atoms with Gasteiger partial charge >= 0.3 is 0 Å². The molecule has 0 N–H and O–H groups in total. The van der Waals surface area contributed by atoms with Crippen molar-refractivity contribution in [2.75, 3.05) is 4.05 Å². The first-order valence-corrected chi connectivity index (χ1v) is 11.2. The average Bonchev–Trinajstić information content (AvgIpc) is 2.43. The average molecular weight is 402 g/mol. The van der Waals surface area contributed by atoms with Gasteiger partial charge in [-0.2, -0.15) is 0 Å². The molecule has 0 aliphatic rings. The van der Waals surface area contributed by atoms with E-state index < -0.39 is 8.32 Å². The summed E-state index contributed by atoms with van der Waals surface area (Å²) in [6, 6.07) is 10.6. The molecule has 0 radical (unpaired) electrons. The van der Waals surface area contributed by atoms with Crippen molar-refractivity contribution in [1.29, 1.82) is 0 Å². The van der Waals surface area contributed by atoms with E-state index in [1.165, 1.54) is 5.56 Å². The summed E-state index contributed by atoms with van der Waals surface area (Å²) in [6.45, 7) is 13.2. The zero-order valence-corrected chi connectivity index (χ0v) is 16.3. The smallest absolute Gasteiger partial charge is 0.208 e. The lowest BCUT2D eigenvalue weighted by Gasteiger charge is -2.40. The maximum absolute atomic E-state index is 6.80. The Kier molecular flexibility index (Phi) is 7.47. The number of halogens is 1. The maximum atomic E-state index is 6.80. The van der Waals surface area contributed by atoms with Gasteiger partial charge in [-0.25, -0.2) is 0 Å². The number of rotatable bonds is 8. The van der Waals surface area contributed by atoms with Gasteiger partial charge in [0.1, 0.15) is 0 Å². The normalized spacial score (nSPS) is 13.8. The van der Waals surface area contributed by atoms with Crippen molar-refractivity contribution in [2.24, 2.45) is 0 Å². The van der Waals surface area contributed by atoms with Crippen LogP contribution in [0.2, 0.25) is 11.1 Å². The Morgan fingerprint density at radius 2 is 1.70 bits per heavy atom. The lowest BCUT2D eigenvalue weighted by Crippen LogP contribution is -2.48. The van der Waals surface area contributed by atoms with Crippen LogP contribution < -0.4 is 0 Å². The molecule has 0 spiro atoms. The fourth-order valence-electron chi connectivity index (χ4n) is 2.62. The Bertz CT molecular complexity index is 395. The summed E-state index contributed by atoms with van der Waals surface area (Å²) in [6.07, 6.45) is 3.01. The highest BCUT2D eigenvalue weighted by Gasteiger charge is 2.42. The molecule has 1 aromatic carbocycles. The quantitative estimate of drug-likeness (QED) is 0.222. The summed E-state index contributed by atoms with van der Waals surface area (Å²) in [5, 5.41) is 0. The third kappa shape index (κ3) is 4.18. The zero-order valence-electron chi connectivity index (χ0n) is 13.1. The summed E-state index contributed by atoms with van der Waals surface area (Å²) in [4.78, 5) is 0. The van der Waals surface area contributed by atoms with Crippen molar-refractivity contribution in [1.82, 2.24) is 0 Å². The van der Waals surface area contributed by atoms with Crippen LogP contribution in [-0.4, -0.2) is 12.4 Å². The van der Waals surface area contributed by atoms with Crippen molar-refractivity contribution in [3.63, 3.8) is 0 Å². The summed E-state index contributed by atoms with van der Waals surface area (Å²) in [5.41, 5.74) is 2.52. The predicted octanol–water partition coefficient (Wildman–Crippen LogP) is 6.06. The number of benzene rings is 1. The van der Waals surface area contributed by atoms with Gasteiger partial charge in [0.15, 0.2) is 0 Å². The number of hydrogen-bond donors (Lipinski definition) is 0. The van der Waals surface area contributed by atoms with Gasteiger partial charge in [-0.1, -0.05) is 86.7 Å². The summed E-state index contributed by atoms with van der Waals surface area (Å²) in [7, 11) is -1.77. The highest BCUT2D eigenvalue weighted by molar-refractivity contribution is 14.1. The fourth-order valence-corrected chi connectivity index (χ4v) is 11.8. The molecule has 1 aromatic rings. The van der Waals surface area contributed by atoms with Crippen LogP contribution in [0.4, 0.5) is 0 Å². The van der Waals surface area contributed by atoms with E-state index in [1.54, 1.807) is 0 Å². The van der Waals surface area contributed by atoms with E-state index in [4.69, 9.17) is 4.43 Å². The molecule has 1 rings (SSSR count). The third-order valence-corrected chi connectivity index (χ3v) is 12.7. The summed E-state index contributed by atoms with van der Waals surface area (Å²) in [5.74, 6) is 0. The molecule has 20 heavy (non-hydrogen) atoms. The van der Waals surface area contributed by atoms with Crippen molar-refractivity contribution in [3.8, 4) is 0 Å². The van der Waals surface area contributed by atoms with Gasteiger partial charge in [0.05, 0.1) is 6.10 Å². The Hall–Kier alpha value is -0.133. The van der Waals surface area contributed by atoms with Crippen molar-refractivity contribution in [3.05, 3.63) is 48.6 Å². The van der Waals surface area contributed by atoms with E-state index in [0.29, 0.717) is 11.1 Å². The topological polar surface area (TPSA) is 9.23 Å². The maximum Gasteiger partial charge on any atom is 0.208 e. The molecule has 0 amide bonds. The van der Waals surface area contributed by atoms with Crippen LogP contribution in [0.3, 0.4) is 0 Å². The molecule has 1 unspecified atom stereocenters. The molecule has 0 aliphatic carbocycles. The molecule has 1 atom stereocenters. The largest absolute Gasteiger partial charge is 0.408 e. The lowest BCUT2D eigenvalue weighted by atomic mass is 10.1. The Morgan fingerprint density at radius 3 is 2.10 bits per heavy atom. The zero-order chi connectivity index (χ0) is 15.2. The minimum atomic E-state index is -1.77. The molecule has 112 valence electrons. The van der Waals surface area contributed by atoms with Gasteiger partial charge in [0, 0.05) is 4.05 Å². The van der Waals surface area contributed by atoms with Crippen LogP contribution in [0.25, 0.3) is 0 Å². The second-order valence-corrected chi connectivity index (χ2v) is 13.0. The molecular formula is C17H27IOSi. The second-order valence-electron chi connectivity index (χ2n) is 5.94. The molecule has 0 bridgehead atoms. The Morgan fingerprint density at radius 1 is 1.15 bits per heavy atom. The fraction of sp³-hybridized carbons (Fsp3) is 0.529. The molecule has 0 saturated heterocycles. The third-order valence-electron chi connectivity index (χ3n) is 4.08. The monoisotopic (exact) mass is 402 g/mol.